The predicted octanol–water partition coefficient (Wildman–Crippen LogP) is 6.21. The highest BCUT2D eigenvalue weighted by Gasteiger charge is 2.32. The Bertz CT molecular complexity index is 263. The average molecular weight is 329 g/mol. The lowest BCUT2D eigenvalue weighted by Crippen LogP contribution is -2.38. The van der Waals surface area contributed by atoms with Crippen molar-refractivity contribution in [2.75, 3.05) is 13.2 Å². The van der Waals surface area contributed by atoms with Crippen molar-refractivity contribution in [1.29, 1.82) is 0 Å². The van der Waals surface area contributed by atoms with Crippen molar-refractivity contribution in [2.24, 2.45) is 17.3 Å². The van der Waals surface area contributed by atoms with Crippen LogP contribution in [0.3, 0.4) is 0 Å². The third kappa shape index (κ3) is 9.72. The van der Waals surface area contributed by atoms with Crippen molar-refractivity contribution in [3.05, 3.63) is 0 Å². The van der Waals surface area contributed by atoms with Crippen LogP contribution in [0.15, 0.2) is 0 Å². The summed E-state index contributed by atoms with van der Waals surface area (Å²) in [4.78, 5) is 0. The van der Waals surface area contributed by atoms with E-state index in [1.165, 1.54) is 51.4 Å². The van der Waals surface area contributed by atoms with Crippen molar-refractivity contribution in [2.45, 2.75) is 105 Å². The molecule has 0 heterocycles. The molecule has 0 aliphatic heterocycles. The Morgan fingerprint density at radius 2 is 1.39 bits per heavy atom. The Kier molecular flexibility index (Phi) is 13.2. The van der Waals surface area contributed by atoms with Gasteiger partial charge in [0.15, 0.2) is 0 Å². The van der Waals surface area contributed by atoms with E-state index in [1.807, 2.05) is 0 Å². The van der Waals surface area contributed by atoms with E-state index in [-0.39, 0.29) is 18.1 Å². The van der Waals surface area contributed by atoms with Gasteiger partial charge in [-0.15, -0.1) is 0 Å². The van der Waals surface area contributed by atoms with Crippen LogP contribution in [0.2, 0.25) is 0 Å². The molecule has 0 aliphatic carbocycles. The third-order valence-corrected chi connectivity index (χ3v) is 5.45. The second-order valence-electron chi connectivity index (χ2n) is 8.04. The number of aliphatic hydroxyl groups is 1. The Morgan fingerprint density at radius 3 is 1.83 bits per heavy atom. The van der Waals surface area contributed by atoms with Crippen molar-refractivity contribution >= 4 is 0 Å². The lowest BCUT2D eigenvalue weighted by Gasteiger charge is -2.36. The van der Waals surface area contributed by atoms with Crippen LogP contribution in [-0.4, -0.2) is 24.4 Å². The topological polar surface area (TPSA) is 29.5 Å². The van der Waals surface area contributed by atoms with E-state index in [0.29, 0.717) is 5.92 Å². The highest BCUT2D eigenvalue weighted by Crippen LogP contribution is 2.32. The van der Waals surface area contributed by atoms with Gasteiger partial charge in [0.1, 0.15) is 0 Å². The third-order valence-electron chi connectivity index (χ3n) is 5.45. The first-order valence-corrected chi connectivity index (χ1v) is 10.2. The maximum Gasteiger partial charge on any atom is 0.0650 e. The molecule has 0 saturated heterocycles. The van der Waals surface area contributed by atoms with Crippen LogP contribution >= 0.6 is 0 Å². The summed E-state index contributed by atoms with van der Waals surface area (Å²) in [6.45, 7) is 14.4. The van der Waals surface area contributed by atoms with Gasteiger partial charge in [-0.25, -0.2) is 0 Å². The molecule has 0 amide bonds. The SMILES string of the molecule is CCCCC(CC)COC(CC(CC)CCCC)C(C)(C)CO. The highest BCUT2D eigenvalue weighted by molar-refractivity contribution is 4.81. The van der Waals surface area contributed by atoms with Gasteiger partial charge in [-0.3, -0.25) is 0 Å². The minimum atomic E-state index is -0.150. The molecule has 0 rings (SSSR count). The van der Waals surface area contributed by atoms with Crippen molar-refractivity contribution in [3.8, 4) is 0 Å². The van der Waals surface area contributed by atoms with Gasteiger partial charge in [0.2, 0.25) is 0 Å². The molecule has 2 nitrogen and oxygen atoms in total. The maximum atomic E-state index is 9.81. The van der Waals surface area contributed by atoms with Crippen LogP contribution in [0.5, 0.6) is 0 Å². The van der Waals surface area contributed by atoms with Gasteiger partial charge in [-0.05, 0) is 24.7 Å². The summed E-state index contributed by atoms with van der Waals surface area (Å²) in [6, 6.07) is 0. The van der Waals surface area contributed by atoms with Gasteiger partial charge in [0, 0.05) is 12.0 Å². The van der Waals surface area contributed by atoms with Crippen molar-refractivity contribution in [1.82, 2.24) is 0 Å². The van der Waals surface area contributed by atoms with E-state index in [2.05, 4.69) is 41.5 Å². The van der Waals surface area contributed by atoms with E-state index < -0.39 is 0 Å². The van der Waals surface area contributed by atoms with Crippen LogP contribution in [0.1, 0.15) is 99.3 Å². The minimum absolute atomic E-state index is 0.150. The molecule has 23 heavy (non-hydrogen) atoms. The number of hydrogen-bond donors (Lipinski definition) is 1. The fourth-order valence-electron chi connectivity index (χ4n) is 3.15. The molecular weight excluding hydrogens is 284 g/mol. The molecule has 2 heteroatoms. The number of unbranched alkanes of at least 4 members (excludes halogenated alkanes) is 2. The first kappa shape index (κ1) is 22.9. The molecule has 0 fully saturated rings. The Hall–Kier alpha value is -0.0800. The molecule has 0 radical (unpaired) electrons. The lowest BCUT2D eigenvalue weighted by molar-refractivity contribution is -0.0737. The van der Waals surface area contributed by atoms with Gasteiger partial charge in [-0.2, -0.15) is 0 Å². The summed E-state index contributed by atoms with van der Waals surface area (Å²) in [5, 5.41) is 9.81. The molecule has 0 aromatic rings. The molecule has 1 N–H and O–H groups in total. The monoisotopic (exact) mass is 328 g/mol. The standard InChI is InChI=1S/C21H44O2/c1-7-11-13-18(9-3)15-20(21(5,6)17-22)23-16-19(10-4)14-12-8-2/h18-20,22H,7-17H2,1-6H3. The fourth-order valence-corrected chi connectivity index (χ4v) is 3.15. The smallest absolute Gasteiger partial charge is 0.0650 e. The summed E-state index contributed by atoms with van der Waals surface area (Å²) in [5.41, 5.74) is -0.150. The first-order chi connectivity index (χ1) is 10.9. The molecule has 140 valence electrons. The summed E-state index contributed by atoms with van der Waals surface area (Å²) < 4.78 is 6.40. The Labute approximate surface area is 146 Å². The Balaban J connectivity index is 4.67. The van der Waals surface area contributed by atoms with E-state index >= 15 is 0 Å². The largest absolute Gasteiger partial charge is 0.396 e. The second kappa shape index (κ2) is 13.2. The van der Waals surface area contributed by atoms with Crippen LogP contribution in [-0.2, 0) is 4.74 Å². The highest BCUT2D eigenvalue weighted by atomic mass is 16.5. The van der Waals surface area contributed by atoms with Crippen LogP contribution in [0, 0.1) is 17.3 Å². The molecule has 0 aliphatic rings. The van der Waals surface area contributed by atoms with Gasteiger partial charge in [0.05, 0.1) is 12.7 Å². The molecular formula is C21H44O2. The molecule has 0 bridgehead atoms. The van der Waals surface area contributed by atoms with Crippen LogP contribution in [0.25, 0.3) is 0 Å². The number of rotatable bonds is 15. The van der Waals surface area contributed by atoms with Crippen LogP contribution < -0.4 is 0 Å². The number of hydrogen-bond acceptors (Lipinski definition) is 2. The van der Waals surface area contributed by atoms with Crippen molar-refractivity contribution in [3.63, 3.8) is 0 Å². The summed E-state index contributed by atoms with van der Waals surface area (Å²) in [6.07, 6.45) is 11.4. The summed E-state index contributed by atoms with van der Waals surface area (Å²) in [7, 11) is 0. The minimum Gasteiger partial charge on any atom is -0.396 e. The zero-order valence-corrected chi connectivity index (χ0v) is 16.9. The van der Waals surface area contributed by atoms with Gasteiger partial charge in [-0.1, -0.05) is 86.5 Å². The Morgan fingerprint density at radius 1 is 0.870 bits per heavy atom. The summed E-state index contributed by atoms with van der Waals surface area (Å²) >= 11 is 0. The van der Waals surface area contributed by atoms with Gasteiger partial charge in [0.25, 0.3) is 0 Å². The number of ether oxygens (including phenoxy) is 1. The summed E-state index contributed by atoms with van der Waals surface area (Å²) in [5.74, 6) is 1.39. The average Bonchev–Trinajstić information content (AvgIpc) is 2.56. The van der Waals surface area contributed by atoms with Crippen molar-refractivity contribution < 1.29 is 9.84 Å². The molecule has 3 atom stereocenters. The second-order valence-corrected chi connectivity index (χ2v) is 8.04. The van der Waals surface area contributed by atoms with Gasteiger partial charge < -0.3 is 9.84 Å². The maximum absolute atomic E-state index is 9.81. The normalized spacial score (nSPS) is 16.3. The van der Waals surface area contributed by atoms with E-state index in [0.717, 1.165) is 18.9 Å². The quantitative estimate of drug-likeness (QED) is 0.387. The lowest BCUT2D eigenvalue weighted by atomic mass is 9.80. The van der Waals surface area contributed by atoms with Gasteiger partial charge >= 0.3 is 0 Å². The molecule has 0 aromatic carbocycles. The first-order valence-electron chi connectivity index (χ1n) is 10.2. The van der Waals surface area contributed by atoms with Crippen LogP contribution in [0.4, 0.5) is 0 Å². The fraction of sp³-hybridized carbons (Fsp3) is 1.00. The molecule has 0 saturated carbocycles. The zero-order valence-electron chi connectivity index (χ0n) is 16.9. The predicted molar refractivity (Wildman–Crippen MR) is 102 cm³/mol. The van der Waals surface area contributed by atoms with E-state index in [4.69, 9.17) is 4.74 Å². The van der Waals surface area contributed by atoms with E-state index in [1.54, 1.807) is 0 Å². The molecule has 3 unspecified atom stereocenters. The number of aliphatic hydroxyl groups excluding tert-OH is 1. The zero-order chi connectivity index (χ0) is 17.7. The molecule has 0 aromatic heterocycles. The van der Waals surface area contributed by atoms with E-state index in [9.17, 15) is 5.11 Å². The molecule has 0 spiro atoms.